The number of carbonyl (C=O) groups excluding carboxylic acids is 3. The standard InChI is InChI=1S/C34H34N4O6/c39-31(36-30-32(40)37-33(30)44-28-12-6-11-27(21-28)38-15-17-42-18-16-38)29(35-34(41)43-22-23-7-2-1-3-8-23)20-24-13-14-25-9-4-5-10-26(25)19-24/h1-14,19,21,29-30,33H,15-18,20,22H2,(H,35,41)(H,36,39)(H,37,40)/t29-,30+,33-/m0/s1. The van der Waals surface area contributed by atoms with Crippen molar-refractivity contribution >= 4 is 34.4 Å². The third-order valence-electron chi connectivity index (χ3n) is 7.70. The number of benzene rings is 4. The van der Waals surface area contributed by atoms with Crippen LogP contribution >= 0.6 is 0 Å². The molecule has 2 aliphatic heterocycles. The van der Waals surface area contributed by atoms with Crippen molar-refractivity contribution in [2.24, 2.45) is 0 Å². The van der Waals surface area contributed by atoms with Crippen molar-refractivity contribution in [2.75, 3.05) is 31.2 Å². The average Bonchev–Trinajstić information content (AvgIpc) is 3.06. The van der Waals surface area contributed by atoms with Crippen LogP contribution in [-0.4, -0.2) is 62.5 Å². The molecule has 6 rings (SSSR count). The number of hydrogen-bond acceptors (Lipinski definition) is 7. The first-order valence-electron chi connectivity index (χ1n) is 14.7. The van der Waals surface area contributed by atoms with Gasteiger partial charge in [-0.2, -0.15) is 0 Å². The first-order chi connectivity index (χ1) is 21.5. The summed E-state index contributed by atoms with van der Waals surface area (Å²) in [6, 6.07) is 28.7. The molecule has 3 atom stereocenters. The van der Waals surface area contributed by atoms with Gasteiger partial charge in [0.05, 0.1) is 13.2 Å². The minimum absolute atomic E-state index is 0.0570. The summed E-state index contributed by atoms with van der Waals surface area (Å²) in [5.41, 5.74) is 2.66. The molecule has 2 fully saturated rings. The summed E-state index contributed by atoms with van der Waals surface area (Å²) in [5, 5.41) is 10.3. The molecule has 3 N–H and O–H groups in total. The van der Waals surface area contributed by atoms with E-state index in [9.17, 15) is 14.4 Å². The Kier molecular flexibility index (Phi) is 8.88. The van der Waals surface area contributed by atoms with Gasteiger partial charge in [0, 0.05) is 31.3 Å². The summed E-state index contributed by atoms with van der Waals surface area (Å²) in [6.45, 7) is 2.93. The fourth-order valence-electron chi connectivity index (χ4n) is 5.29. The van der Waals surface area contributed by atoms with Gasteiger partial charge in [0.1, 0.15) is 18.4 Å². The second-order valence-corrected chi connectivity index (χ2v) is 10.8. The van der Waals surface area contributed by atoms with Gasteiger partial charge in [-0.25, -0.2) is 4.79 Å². The van der Waals surface area contributed by atoms with E-state index in [-0.39, 0.29) is 18.9 Å². The number of morpholine rings is 1. The van der Waals surface area contributed by atoms with Crippen LogP contribution in [0.1, 0.15) is 11.1 Å². The van der Waals surface area contributed by atoms with Gasteiger partial charge in [-0.3, -0.25) is 9.59 Å². The van der Waals surface area contributed by atoms with E-state index >= 15 is 0 Å². The van der Waals surface area contributed by atoms with Gasteiger partial charge in [0.15, 0.2) is 6.04 Å². The zero-order valence-electron chi connectivity index (χ0n) is 24.1. The zero-order chi connectivity index (χ0) is 30.3. The van der Waals surface area contributed by atoms with Gasteiger partial charge >= 0.3 is 6.09 Å². The summed E-state index contributed by atoms with van der Waals surface area (Å²) in [7, 11) is 0. The predicted molar refractivity (Wildman–Crippen MR) is 165 cm³/mol. The molecule has 4 aromatic rings. The molecule has 10 nitrogen and oxygen atoms in total. The highest BCUT2D eigenvalue weighted by molar-refractivity contribution is 5.95. The lowest BCUT2D eigenvalue weighted by atomic mass is 10.0. The molecule has 0 saturated carbocycles. The zero-order valence-corrected chi connectivity index (χ0v) is 24.1. The van der Waals surface area contributed by atoms with Crippen LogP contribution in [0.4, 0.5) is 10.5 Å². The third kappa shape index (κ3) is 7.09. The lowest BCUT2D eigenvalue weighted by Crippen LogP contribution is -2.72. The van der Waals surface area contributed by atoms with Crippen molar-refractivity contribution in [1.29, 1.82) is 0 Å². The van der Waals surface area contributed by atoms with Gasteiger partial charge < -0.3 is 35.1 Å². The number of fused-ring (bicyclic) bond motifs is 1. The molecular weight excluding hydrogens is 560 g/mol. The Bertz CT molecular complexity index is 1620. The number of anilines is 1. The van der Waals surface area contributed by atoms with Gasteiger partial charge in [-0.1, -0.05) is 78.9 Å². The van der Waals surface area contributed by atoms with Crippen LogP contribution in [0, 0.1) is 0 Å². The van der Waals surface area contributed by atoms with E-state index in [1.807, 2.05) is 91.0 Å². The molecule has 2 saturated heterocycles. The van der Waals surface area contributed by atoms with Crippen LogP contribution in [0.25, 0.3) is 10.8 Å². The van der Waals surface area contributed by atoms with E-state index in [4.69, 9.17) is 14.2 Å². The van der Waals surface area contributed by atoms with Crippen molar-refractivity contribution in [3.63, 3.8) is 0 Å². The number of carbonyl (C=O) groups is 3. The molecule has 4 aromatic carbocycles. The van der Waals surface area contributed by atoms with Crippen molar-refractivity contribution in [2.45, 2.75) is 31.3 Å². The van der Waals surface area contributed by atoms with E-state index in [0.29, 0.717) is 19.0 Å². The number of alkyl carbamates (subject to hydrolysis) is 1. The number of β-lactam (4-membered cyclic amide) rings is 1. The maximum atomic E-state index is 13.6. The highest BCUT2D eigenvalue weighted by Gasteiger charge is 2.43. The minimum atomic E-state index is -1.00. The molecule has 0 aromatic heterocycles. The maximum absolute atomic E-state index is 13.6. The minimum Gasteiger partial charge on any atom is -0.468 e. The van der Waals surface area contributed by atoms with Gasteiger partial charge in [0.25, 0.3) is 5.91 Å². The number of nitrogens with one attached hydrogen (secondary N) is 3. The monoisotopic (exact) mass is 594 g/mol. The highest BCUT2D eigenvalue weighted by Crippen LogP contribution is 2.24. The van der Waals surface area contributed by atoms with E-state index in [1.54, 1.807) is 6.07 Å². The topological polar surface area (TPSA) is 118 Å². The number of ether oxygens (including phenoxy) is 3. The molecule has 0 bridgehead atoms. The predicted octanol–water partition coefficient (Wildman–Crippen LogP) is 3.53. The largest absolute Gasteiger partial charge is 0.468 e. The Labute approximate surface area is 255 Å². The fourth-order valence-corrected chi connectivity index (χ4v) is 5.29. The van der Waals surface area contributed by atoms with Gasteiger partial charge in [-0.15, -0.1) is 0 Å². The van der Waals surface area contributed by atoms with E-state index in [1.165, 1.54) is 0 Å². The van der Waals surface area contributed by atoms with Crippen LogP contribution in [-0.2, 0) is 32.1 Å². The molecule has 2 heterocycles. The molecule has 226 valence electrons. The first-order valence-corrected chi connectivity index (χ1v) is 14.7. The molecule has 3 amide bonds. The number of nitrogens with zero attached hydrogens (tertiary/aromatic N) is 1. The average molecular weight is 595 g/mol. The second kappa shape index (κ2) is 13.5. The highest BCUT2D eigenvalue weighted by atomic mass is 16.5. The van der Waals surface area contributed by atoms with Crippen molar-refractivity contribution in [1.82, 2.24) is 16.0 Å². The SMILES string of the molecule is O=C(N[C@@H](Cc1ccc2ccccc2c1)C(=O)N[C@@H]1C(=O)N[C@H]1Oc1cccc(N2CCOCC2)c1)OCc1ccccc1. The van der Waals surface area contributed by atoms with Crippen molar-refractivity contribution in [3.8, 4) is 5.75 Å². The summed E-state index contributed by atoms with van der Waals surface area (Å²) >= 11 is 0. The first kappa shape index (κ1) is 29.0. The Balaban J connectivity index is 1.13. The summed E-state index contributed by atoms with van der Waals surface area (Å²) in [6.07, 6.45) is -1.31. The van der Waals surface area contributed by atoms with Gasteiger partial charge in [-0.05, 0) is 34.0 Å². The fraction of sp³-hybridized carbons (Fsp3) is 0.265. The molecular formula is C34H34N4O6. The molecule has 0 spiro atoms. The normalized spacial score (nSPS) is 18.5. The molecule has 0 radical (unpaired) electrons. The molecule has 44 heavy (non-hydrogen) atoms. The van der Waals surface area contributed by atoms with Crippen molar-refractivity contribution in [3.05, 3.63) is 108 Å². The number of amides is 3. The van der Waals surface area contributed by atoms with Crippen LogP contribution in [0.2, 0.25) is 0 Å². The Morgan fingerprint density at radius 1 is 0.886 bits per heavy atom. The lowest BCUT2D eigenvalue weighted by Gasteiger charge is -2.37. The number of rotatable bonds is 10. The van der Waals surface area contributed by atoms with Crippen LogP contribution in [0.5, 0.6) is 5.75 Å². The molecule has 2 aliphatic rings. The van der Waals surface area contributed by atoms with Crippen molar-refractivity contribution < 1.29 is 28.6 Å². The Morgan fingerprint density at radius 3 is 2.45 bits per heavy atom. The van der Waals surface area contributed by atoms with Crippen LogP contribution in [0.15, 0.2) is 97.1 Å². The van der Waals surface area contributed by atoms with E-state index in [2.05, 4.69) is 20.9 Å². The summed E-state index contributed by atoms with van der Waals surface area (Å²) in [5.74, 6) is -0.331. The van der Waals surface area contributed by atoms with Crippen LogP contribution < -0.4 is 25.6 Å². The summed E-state index contributed by atoms with van der Waals surface area (Å²) < 4.78 is 16.9. The smallest absolute Gasteiger partial charge is 0.408 e. The second-order valence-electron chi connectivity index (χ2n) is 10.8. The Morgan fingerprint density at radius 2 is 1.66 bits per heavy atom. The summed E-state index contributed by atoms with van der Waals surface area (Å²) in [4.78, 5) is 41.2. The van der Waals surface area contributed by atoms with Crippen LogP contribution in [0.3, 0.4) is 0 Å². The van der Waals surface area contributed by atoms with E-state index in [0.717, 1.165) is 40.7 Å². The number of hydrogen-bond donors (Lipinski definition) is 3. The molecule has 10 heteroatoms. The maximum Gasteiger partial charge on any atom is 0.408 e. The Hall–Kier alpha value is -5.09. The van der Waals surface area contributed by atoms with E-state index < -0.39 is 30.3 Å². The molecule has 0 unspecified atom stereocenters. The quantitative estimate of drug-likeness (QED) is 0.241. The lowest BCUT2D eigenvalue weighted by molar-refractivity contribution is -0.143. The molecule has 0 aliphatic carbocycles. The third-order valence-corrected chi connectivity index (χ3v) is 7.70. The van der Waals surface area contributed by atoms with Gasteiger partial charge in [0.2, 0.25) is 12.1 Å².